The monoisotopic (exact) mass is 459 g/mol. The highest BCUT2D eigenvalue weighted by Gasteiger charge is 2.56. The highest BCUT2D eigenvalue weighted by Crippen LogP contribution is 2.43. The summed E-state index contributed by atoms with van der Waals surface area (Å²) in [6.07, 6.45) is 4.61. The number of benzene rings is 1. The fourth-order valence-corrected chi connectivity index (χ4v) is 7.23. The van der Waals surface area contributed by atoms with Crippen molar-refractivity contribution in [2.24, 2.45) is 0 Å². The first-order chi connectivity index (χ1) is 15.1. The molecule has 1 aliphatic carbocycles. The minimum absolute atomic E-state index is 0.0690. The van der Waals surface area contributed by atoms with Gasteiger partial charge in [0.1, 0.15) is 22.1 Å². The topological polar surface area (TPSA) is 138 Å². The second-order valence-electron chi connectivity index (χ2n) is 8.77. The van der Waals surface area contributed by atoms with Crippen molar-refractivity contribution in [2.75, 3.05) is 16.8 Å². The number of amidine groups is 1. The van der Waals surface area contributed by atoms with Gasteiger partial charge in [-0.2, -0.15) is 0 Å². The van der Waals surface area contributed by atoms with Crippen LogP contribution in [0.4, 0.5) is 15.8 Å². The molecule has 1 spiro atoms. The number of anilines is 2. The summed E-state index contributed by atoms with van der Waals surface area (Å²) < 4.78 is 40.4. The van der Waals surface area contributed by atoms with Crippen LogP contribution in [-0.4, -0.2) is 35.6 Å². The predicted molar refractivity (Wildman–Crippen MR) is 121 cm³/mol. The van der Waals surface area contributed by atoms with Gasteiger partial charge < -0.3 is 16.4 Å². The number of nitrogens with one attached hydrogen (secondary N) is 3. The van der Waals surface area contributed by atoms with Crippen LogP contribution in [-0.2, 0) is 15.4 Å². The third-order valence-corrected chi connectivity index (χ3v) is 9.19. The summed E-state index contributed by atoms with van der Waals surface area (Å²) in [5, 5.41) is 14.2. The number of hydrogen-bond donors (Lipinski definition) is 4. The lowest BCUT2D eigenvalue weighted by Crippen LogP contribution is -2.66. The molecule has 1 saturated carbocycles. The molecule has 2 aromatic rings. The van der Waals surface area contributed by atoms with Crippen LogP contribution in [0.25, 0.3) is 0 Å². The van der Waals surface area contributed by atoms with Crippen LogP contribution in [0, 0.1) is 11.2 Å². The van der Waals surface area contributed by atoms with Crippen molar-refractivity contribution in [1.82, 2.24) is 10.3 Å². The van der Waals surface area contributed by atoms with Crippen LogP contribution < -0.4 is 16.4 Å². The molecule has 32 heavy (non-hydrogen) atoms. The van der Waals surface area contributed by atoms with E-state index >= 15 is 0 Å². The van der Waals surface area contributed by atoms with E-state index in [4.69, 9.17) is 11.1 Å². The number of carbonyl (C=O) groups excluding carboxylic acids is 1. The number of pyridine rings is 1. The maximum atomic E-state index is 14.9. The number of nitrogens with two attached hydrogens (primary N) is 1. The van der Waals surface area contributed by atoms with E-state index in [9.17, 15) is 17.6 Å². The number of aromatic nitrogens is 1. The van der Waals surface area contributed by atoms with Crippen molar-refractivity contribution < 1.29 is 17.6 Å². The van der Waals surface area contributed by atoms with Gasteiger partial charge in [-0.3, -0.25) is 10.2 Å². The molecule has 8 nitrogen and oxygen atoms in total. The van der Waals surface area contributed by atoms with Gasteiger partial charge in [0.25, 0.3) is 5.91 Å². The van der Waals surface area contributed by atoms with Crippen LogP contribution >= 0.6 is 0 Å². The van der Waals surface area contributed by atoms with Gasteiger partial charge in [-0.15, -0.1) is 0 Å². The number of nitrogen functional groups attached to an aromatic ring is 1. The molecule has 2 aliphatic rings. The standard InChI is InChI=1S/C22H26FN5O3S/c1-21(13-32(30,31)22(20(25)28-21)9-3-2-4-10-22)16-11-15(6-7-17(16)23)27-19(29)18-8-5-14(24)12-26-18/h5-8,11-12H,2-4,9-10,13,24H2,1H3,(H2,25,28)(H,27,29)/t21-/m0/s1. The molecule has 170 valence electrons. The van der Waals surface area contributed by atoms with E-state index in [0.29, 0.717) is 18.5 Å². The number of sulfone groups is 1. The molecule has 2 fully saturated rings. The molecule has 2 heterocycles. The molecule has 1 aromatic heterocycles. The van der Waals surface area contributed by atoms with Gasteiger partial charge in [-0.1, -0.05) is 19.3 Å². The average molecular weight is 460 g/mol. The van der Waals surface area contributed by atoms with Crippen molar-refractivity contribution in [3.63, 3.8) is 0 Å². The number of hydrogen-bond acceptors (Lipinski definition) is 6. The minimum atomic E-state index is -3.71. The zero-order valence-corrected chi connectivity index (χ0v) is 18.6. The second kappa shape index (κ2) is 7.84. The summed E-state index contributed by atoms with van der Waals surface area (Å²) in [6, 6.07) is 6.98. The molecular formula is C22H26FN5O3S. The predicted octanol–water partition coefficient (Wildman–Crippen LogP) is 2.97. The van der Waals surface area contributed by atoms with E-state index in [0.717, 1.165) is 19.3 Å². The summed E-state index contributed by atoms with van der Waals surface area (Å²) in [4.78, 5) is 16.4. The molecule has 1 saturated heterocycles. The smallest absolute Gasteiger partial charge is 0.274 e. The molecule has 0 radical (unpaired) electrons. The normalized spacial score (nSPS) is 24.0. The van der Waals surface area contributed by atoms with E-state index in [-0.39, 0.29) is 28.5 Å². The van der Waals surface area contributed by atoms with Crippen molar-refractivity contribution >= 4 is 33.0 Å². The molecule has 4 rings (SSSR count). The van der Waals surface area contributed by atoms with Gasteiger partial charge >= 0.3 is 0 Å². The first-order valence-electron chi connectivity index (χ1n) is 10.5. The van der Waals surface area contributed by atoms with Gasteiger partial charge in [0.15, 0.2) is 9.84 Å². The van der Waals surface area contributed by atoms with Crippen LogP contribution in [0.2, 0.25) is 0 Å². The molecule has 1 aromatic carbocycles. The summed E-state index contributed by atoms with van der Waals surface area (Å²) in [6.45, 7) is 1.57. The Kier molecular flexibility index (Phi) is 5.44. The zero-order valence-electron chi connectivity index (χ0n) is 17.7. The Morgan fingerprint density at radius 1 is 1.22 bits per heavy atom. The van der Waals surface area contributed by atoms with Crippen molar-refractivity contribution in [1.29, 1.82) is 5.41 Å². The Bertz CT molecular complexity index is 1180. The lowest BCUT2D eigenvalue weighted by atomic mass is 9.84. The molecule has 1 amide bonds. The maximum absolute atomic E-state index is 14.9. The van der Waals surface area contributed by atoms with Gasteiger partial charge in [0, 0.05) is 11.3 Å². The third kappa shape index (κ3) is 3.72. The fraction of sp³-hybridized carbons (Fsp3) is 0.409. The fourth-order valence-electron chi connectivity index (χ4n) is 4.69. The van der Waals surface area contributed by atoms with Gasteiger partial charge in [0.2, 0.25) is 0 Å². The van der Waals surface area contributed by atoms with Gasteiger partial charge in [-0.25, -0.2) is 17.8 Å². The number of amides is 1. The molecule has 0 bridgehead atoms. The van der Waals surface area contributed by atoms with E-state index < -0.39 is 31.8 Å². The Morgan fingerprint density at radius 2 is 1.94 bits per heavy atom. The highest BCUT2D eigenvalue weighted by molar-refractivity contribution is 7.93. The summed E-state index contributed by atoms with van der Waals surface area (Å²) in [7, 11) is -3.71. The molecular weight excluding hydrogens is 433 g/mol. The number of carbonyl (C=O) groups is 1. The number of nitrogens with zero attached hydrogens (tertiary/aromatic N) is 1. The number of halogens is 1. The lowest BCUT2D eigenvalue weighted by molar-refractivity contribution is 0.102. The van der Waals surface area contributed by atoms with E-state index in [1.165, 1.54) is 30.5 Å². The van der Waals surface area contributed by atoms with E-state index in [1.54, 1.807) is 13.0 Å². The van der Waals surface area contributed by atoms with Crippen LogP contribution in [0.5, 0.6) is 0 Å². The first-order valence-corrected chi connectivity index (χ1v) is 12.1. The second-order valence-corrected chi connectivity index (χ2v) is 11.1. The van der Waals surface area contributed by atoms with Crippen molar-refractivity contribution in [3.8, 4) is 0 Å². The molecule has 10 heteroatoms. The highest BCUT2D eigenvalue weighted by atomic mass is 32.2. The van der Waals surface area contributed by atoms with E-state index in [2.05, 4.69) is 15.6 Å². The Hall–Kier alpha value is -3.01. The van der Waals surface area contributed by atoms with Gasteiger partial charge in [-0.05, 0) is 50.1 Å². The Balaban J connectivity index is 1.64. The zero-order chi connectivity index (χ0) is 23.1. The molecule has 1 atom stereocenters. The summed E-state index contributed by atoms with van der Waals surface area (Å²) >= 11 is 0. The van der Waals surface area contributed by atoms with Crippen LogP contribution in [0.3, 0.4) is 0 Å². The lowest BCUT2D eigenvalue weighted by Gasteiger charge is -2.47. The summed E-state index contributed by atoms with van der Waals surface area (Å²) in [5.74, 6) is -1.54. The maximum Gasteiger partial charge on any atom is 0.274 e. The Labute approximate surface area is 186 Å². The third-order valence-electron chi connectivity index (χ3n) is 6.43. The van der Waals surface area contributed by atoms with Crippen LogP contribution in [0.1, 0.15) is 55.1 Å². The quantitative estimate of drug-likeness (QED) is 0.557. The van der Waals surface area contributed by atoms with Crippen molar-refractivity contribution in [3.05, 3.63) is 53.6 Å². The number of rotatable bonds is 3. The SMILES string of the molecule is C[C@@]1(c2cc(NC(=O)c3ccc(N)cn3)ccc2F)CS(=O)(=O)C2(CCCCC2)C(=N)N1. The largest absolute Gasteiger partial charge is 0.397 e. The average Bonchev–Trinajstić information content (AvgIpc) is 2.74. The summed E-state index contributed by atoms with van der Waals surface area (Å²) in [5.41, 5.74) is 5.15. The van der Waals surface area contributed by atoms with Crippen LogP contribution in [0.15, 0.2) is 36.5 Å². The van der Waals surface area contributed by atoms with Crippen molar-refractivity contribution in [2.45, 2.75) is 49.3 Å². The molecule has 5 N–H and O–H groups in total. The van der Waals surface area contributed by atoms with Gasteiger partial charge in [0.05, 0.1) is 23.2 Å². The minimum Gasteiger partial charge on any atom is -0.397 e. The Morgan fingerprint density at radius 3 is 2.56 bits per heavy atom. The van der Waals surface area contributed by atoms with E-state index in [1.807, 2.05) is 0 Å². The molecule has 1 aliphatic heterocycles. The first kappa shape index (κ1) is 22.2. The molecule has 0 unspecified atom stereocenters.